The molecule has 19 heavy (non-hydrogen) atoms. The molecule has 1 amide bonds. The summed E-state index contributed by atoms with van der Waals surface area (Å²) in [7, 11) is 3.36. The van der Waals surface area contributed by atoms with Crippen LogP contribution < -0.4 is 15.4 Å². The molecule has 0 fully saturated rings. The quantitative estimate of drug-likeness (QED) is 0.850. The summed E-state index contributed by atoms with van der Waals surface area (Å²) < 4.78 is 5.30. The Morgan fingerprint density at radius 1 is 1.47 bits per heavy atom. The van der Waals surface area contributed by atoms with Crippen molar-refractivity contribution < 1.29 is 9.53 Å². The van der Waals surface area contributed by atoms with Crippen LogP contribution in [-0.4, -0.2) is 26.6 Å². The molecule has 0 heterocycles. The molecule has 1 aromatic rings. The number of fused-ring (bicyclic) bond motifs is 1. The van der Waals surface area contributed by atoms with Crippen molar-refractivity contribution in [1.29, 1.82) is 0 Å². The van der Waals surface area contributed by atoms with Crippen LogP contribution in [0.25, 0.3) is 0 Å². The van der Waals surface area contributed by atoms with E-state index < -0.39 is 0 Å². The van der Waals surface area contributed by atoms with Gasteiger partial charge in [0, 0.05) is 26.1 Å². The van der Waals surface area contributed by atoms with E-state index >= 15 is 0 Å². The van der Waals surface area contributed by atoms with Crippen LogP contribution in [0.3, 0.4) is 0 Å². The first-order valence-corrected chi connectivity index (χ1v) is 6.85. The molecule has 0 saturated heterocycles. The minimum atomic E-state index is 0.0779. The fourth-order valence-corrected chi connectivity index (χ4v) is 2.60. The van der Waals surface area contributed by atoms with Crippen molar-refractivity contribution in [1.82, 2.24) is 10.6 Å². The zero-order chi connectivity index (χ0) is 13.7. The molecule has 0 aromatic heterocycles. The molecule has 0 radical (unpaired) electrons. The summed E-state index contributed by atoms with van der Waals surface area (Å²) in [5, 5.41) is 6.12. The lowest BCUT2D eigenvalue weighted by atomic mass is 9.87. The van der Waals surface area contributed by atoms with Gasteiger partial charge in [0.25, 0.3) is 0 Å². The molecule has 0 aliphatic heterocycles. The maximum atomic E-state index is 11.2. The van der Waals surface area contributed by atoms with Gasteiger partial charge in [-0.05, 0) is 42.5 Å². The molecule has 2 rings (SSSR count). The molecular weight excluding hydrogens is 240 g/mol. The van der Waals surface area contributed by atoms with Gasteiger partial charge in [0.1, 0.15) is 5.75 Å². The van der Waals surface area contributed by atoms with Gasteiger partial charge in [-0.1, -0.05) is 6.07 Å². The molecule has 104 valence electrons. The predicted molar refractivity (Wildman–Crippen MR) is 75.4 cm³/mol. The topological polar surface area (TPSA) is 50.4 Å². The average molecular weight is 262 g/mol. The number of carbonyl (C=O) groups is 1. The highest BCUT2D eigenvalue weighted by atomic mass is 16.5. The van der Waals surface area contributed by atoms with E-state index in [2.05, 4.69) is 22.8 Å². The second kappa shape index (κ2) is 6.57. The molecule has 0 spiro atoms. The van der Waals surface area contributed by atoms with E-state index in [0.717, 1.165) is 18.6 Å². The highest BCUT2D eigenvalue weighted by Gasteiger charge is 2.20. The number of nitrogens with one attached hydrogen (secondary N) is 2. The zero-order valence-electron chi connectivity index (χ0n) is 11.7. The van der Waals surface area contributed by atoms with Gasteiger partial charge >= 0.3 is 0 Å². The number of carbonyl (C=O) groups excluding carboxylic acids is 1. The number of methoxy groups -OCH3 is 1. The van der Waals surface area contributed by atoms with E-state index in [0.29, 0.717) is 19.0 Å². The molecule has 1 atom stereocenters. The van der Waals surface area contributed by atoms with Crippen LogP contribution in [0.2, 0.25) is 0 Å². The average Bonchev–Trinajstić information content (AvgIpc) is 2.46. The molecular formula is C15H22N2O2. The monoisotopic (exact) mass is 262 g/mol. The summed E-state index contributed by atoms with van der Waals surface area (Å²) in [6.07, 6.45) is 3.96. The SMILES string of the molecule is CNC(=O)CCNC1CCCc2ccc(OC)cc21. The van der Waals surface area contributed by atoms with Crippen LogP contribution in [0.15, 0.2) is 18.2 Å². The standard InChI is InChI=1S/C15H22N2O2/c1-16-15(18)8-9-17-14-5-3-4-11-6-7-12(19-2)10-13(11)14/h6-7,10,14,17H,3-5,8-9H2,1-2H3,(H,16,18). The Labute approximate surface area is 114 Å². The molecule has 2 N–H and O–H groups in total. The molecule has 0 saturated carbocycles. The van der Waals surface area contributed by atoms with Gasteiger partial charge in [-0.2, -0.15) is 0 Å². The highest BCUT2D eigenvalue weighted by Crippen LogP contribution is 2.32. The number of benzene rings is 1. The summed E-state index contributed by atoms with van der Waals surface area (Å²) >= 11 is 0. The van der Waals surface area contributed by atoms with Crippen molar-refractivity contribution in [3.8, 4) is 5.75 Å². The normalized spacial score (nSPS) is 17.7. The first kappa shape index (κ1) is 13.9. The van der Waals surface area contributed by atoms with Crippen LogP contribution in [0.5, 0.6) is 5.75 Å². The van der Waals surface area contributed by atoms with Gasteiger partial charge < -0.3 is 15.4 Å². The number of hydrogen-bond acceptors (Lipinski definition) is 3. The molecule has 1 unspecified atom stereocenters. The van der Waals surface area contributed by atoms with Crippen LogP contribution in [-0.2, 0) is 11.2 Å². The van der Waals surface area contributed by atoms with Gasteiger partial charge in [-0.3, -0.25) is 4.79 Å². The fourth-order valence-electron chi connectivity index (χ4n) is 2.60. The Kier molecular flexibility index (Phi) is 4.80. The molecule has 4 nitrogen and oxygen atoms in total. The largest absolute Gasteiger partial charge is 0.497 e. The van der Waals surface area contributed by atoms with Gasteiger partial charge in [-0.25, -0.2) is 0 Å². The Hall–Kier alpha value is -1.55. The number of hydrogen-bond donors (Lipinski definition) is 2. The molecule has 4 heteroatoms. The van der Waals surface area contributed by atoms with Crippen molar-refractivity contribution in [2.24, 2.45) is 0 Å². The van der Waals surface area contributed by atoms with Gasteiger partial charge in [0.2, 0.25) is 5.91 Å². The van der Waals surface area contributed by atoms with E-state index in [1.807, 2.05) is 6.07 Å². The second-order valence-electron chi connectivity index (χ2n) is 4.89. The predicted octanol–water partition coefficient (Wildman–Crippen LogP) is 1.80. The van der Waals surface area contributed by atoms with Gasteiger partial charge in [0.05, 0.1) is 7.11 Å². The lowest BCUT2D eigenvalue weighted by molar-refractivity contribution is -0.120. The third-order valence-corrected chi connectivity index (χ3v) is 3.69. The lowest BCUT2D eigenvalue weighted by Crippen LogP contribution is -2.29. The van der Waals surface area contributed by atoms with E-state index in [1.54, 1.807) is 14.2 Å². The summed E-state index contributed by atoms with van der Waals surface area (Å²) in [5.41, 5.74) is 2.71. The van der Waals surface area contributed by atoms with Crippen molar-refractivity contribution in [3.05, 3.63) is 29.3 Å². The number of aryl methyl sites for hydroxylation is 1. The summed E-state index contributed by atoms with van der Waals surface area (Å²) in [5.74, 6) is 0.980. The molecule has 1 aliphatic rings. The first-order valence-electron chi connectivity index (χ1n) is 6.85. The van der Waals surface area contributed by atoms with E-state index in [1.165, 1.54) is 17.5 Å². The smallest absolute Gasteiger partial charge is 0.221 e. The second-order valence-corrected chi connectivity index (χ2v) is 4.89. The van der Waals surface area contributed by atoms with Crippen LogP contribution in [0.4, 0.5) is 0 Å². The summed E-state index contributed by atoms with van der Waals surface area (Å²) in [4.78, 5) is 11.2. The Bertz CT molecular complexity index is 446. The van der Waals surface area contributed by atoms with Crippen molar-refractivity contribution in [3.63, 3.8) is 0 Å². The Morgan fingerprint density at radius 3 is 3.05 bits per heavy atom. The van der Waals surface area contributed by atoms with E-state index in [4.69, 9.17) is 4.74 Å². The van der Waals surface area contributed by atoms with Gasteiger partial charge in [0.15, 0.2) is 0 Å². The fraction of sp³-hybridized carbons (Fsp3) is 0.533. The number of ether oxygens (including phenoxy) is 1. The number of rotatable bonds is 5. The third-order valence-electron chi connectivity index (χ3n) is 3.69. The van der Waals surface area contributed by atoms with Crippen molar-refractivity contribution >= 4 is 5.91 Å². The van der Waals surface area contributed by atoms with E-state index in [-0.39, 0.29) is 5.91 Å². The molecule has 1 aliphatic carbocycles. The number of amides is 1. The maximum absolute atomic E-state index is 11.2. The lowest BCUT2D eigenvalue weighted by Gasteiger charge is -2.27. The molecule has 0 bridgehead atoms. The maximum Gasteiger partial charge on any atom is 0.221 e. The molecule has 1 aromatic carbocycles. The van der Waals surface area contributed by atoms with Crippen molar-refractivity contribution in [2.75, 3.05) is 20.7 Å². The first-order chi connectivity index (χ1) is 9.24. The summed E-state index contributed by atoms with van der Waals surface area (Å²) in [6.45, 7) is 0.709. The third kappa shape index (κ3) is 3.47. The minimum absolute atomic E-state index is 0.0779. The highest BCUT2D eigenvalue weighted by molar-refractivity contribution is 5.75. The van der Waals surface area contributed by atoms with Crippen LogP contribution >= 0.6 is 0 Å². The van der Waals surface area contributed by atoms with Crippen LogP contribution in [0.1, 0.15) is 36.4 Å². The van der Waals surface area contributed by atoms with Gasteiger partial charge in [-0.15, -0.1) is 0 Å². The Balaban J connectivity index is 2.02. The minimum Gasteiger partial charge on any atom is -0.497 e. The Morgan fingerprint density at radius 2 is 2.32 bits per heavy atom. The van der Waals surface area contributed by atoms with Crippen LogP contribution in [0, 0.1) is 0 Å². The van der Waals surface area contributed by atoms with E-state index in [9.17, 15) is 4.79 Å². The van der Waals surface area contributed by atoms with Crippen molar-refractivity contribution in [2.45, 2.75) is 31.7 Å². The summed E-state index contributed by atoms with van der Waals surface area (Å²) in [6, 6.07) is 6.63. The zero-order valence-corrected chi connectivity index (χ0v) is 11.7.